The van der Waals surface area contributed by atoms with E-state index in [0.717, 1.165) is 10.1 Å². The molecular weight excluding hydrogens is 234 g/mol. The van der Waals surface area contributed by atoms with Gasteiger partial charge in [-0.2, -0.15) is 0 Å². The van der Waals surface area contributed by atoms with Gasteiger partial charge in [-0.15, -0.1) is 0 Å². The molecule has 2 heterocycles. The van der Waals surface area contributed by atoms with Crippen LogP contribution in [-0.2, 0) is 0 Å². The molecule has 0 amide bonds. The third-order valence-corrected chi connectivity index (χ3v) is 2.86. The van der Waals surface area contributed by atoms with Crippen molar-refractivity contribution in [3.05, 3.63) is 45.9 Å². The summed E-state index contributed by atoms with van der Waals surface area (Å²) >= 11 is 0. The molecule has 2 aromatic heterocycles. The number of nitrogens with zero attached hydrogens (tertiary/aromatic N) is 2. The molecule has 0 saturated carbocycles. The van der Waals surface area contributed by atoms with Crippen LogP contribution in [0.3, 0.4) is 0 Å². The van der Waals surface area contributed by atoms with E-state index in [1.165, 1.54) is 6.07 Å². The fourth-order valence-corrected chi connectivity index (χ4v) is 1.97. The second-order valence-electron chi connectivity index (χ2n) is 4.06. The van der Waals surface area contributed by atoms with Crippen molar-refractivity contribution in [3.8, 4) is 0 Å². The largest absolute Gasteiger partial charge is 0.477 e. The molecule has 3 rings (SSSR count). The highest BCUT2D eigenvalue weighted by molar-refractivity contribution is 5.88. The summed E-state index contributed by atoms with van der Waals surface area (Å²) in [5, 5.41) is 11.9. The summed E-state index contributed by atoms with van der Waals surface area (Å²) in [7, 11) is 0. The number of rotatable bonds is 1. The number of aryl methyl sites for hydroxylation is 1. The van der Waals surface area contributed by atoms with Crippen molar-refractivity contribution in [2.75, 3.05) is 0 Å². The second kappa shape index (κ2) is 3.43. The standard InChI is InChI=1S/C12H9N3O3/c1-6-3-2-4-7-10(6)13-9-5-8(12(17)18)14-15(9)11(7)16/h2-5,14H,1H3,(H,17,18). The Morgan fingerprint density at radius 2 is 2.22 bits per heavy atom. The Morgan fingerprint density at radius 1 is 1.44 bits per heavy atom. The number of aromatic nitrogens is 3. The van der Waals surface area contributed by atoms with E-state index in [2.05, 4.69) is 10.1 Å². The molecule has 0 radical (unpaired) electrons. The quantitative estimate of drug-likeness (QED) is 0.671. The zero-order valence-electron chi connectivity index (χ0n) is 9.47. The first-order chi connectivity index (χ1) is 8.58. The molecule has 3 aromatic rings. The van der Waals surface area contributed by atoms with Gasteiger partial charge in [0, 0.05) is 6.07 Å². The molecule has 0 bridgehead atoms. The maximum Gasteiger partial charge on any atom is 0.353 e. The van der Waals surface area contributed by atoms with Gasteiger partial charge in [-0.25, -0.2) is 14.3 Å². The molecule has 0 aliphatic rings. The van der Waals surface area contributed by atoms with Crippen molar-refractivity contribution in [1.29, 1.82) is 0 Å². The summed E-state index contributed by atoms with van der Waals surface area (Å²) in [5.74, 6) is -1.12. The minimum Gasteiger partial charge on any atom is -0.477 e. The van der Waals surface area contributed by atoms with Crippen molar-refractivity contribution in [2.24, 2.45) is 0 Å². The number of hydrogen-bond acceptors (Lipinski definition) is 3. The Morgan fingerprint density at radius 3 is 2.94 bits per heavy atom. The van der Waals surface area contributed by atoms with E-state index < -0.39 is 5.97 Å². The maximum absolute atomic E-state index is 12.2. The first kappa shape index (κ1) is 10.5. The molecule has 0 aliphatic carbocycles. The monoisotopic (exact) mass is 243 g/mol. The molecule has 6 nitrogen and oxygen atoms in total. The fraction of sp³-hybridized carbons (Fsp3) is 0.0833. The number of aromatic amines is 1. The van der Waals surface area contributed by atoms with Crippen molar-refractivity contribution in [2.45, 2.75) is 6.92 Å². The molecule has 0 spiro atoms. The lowest BCUT2D eigenvalue weighted by atomic mass is 10.1. The Hall–Kier alpha value is -2.63. The Kier molecular flexibility index (Phi) is 2.00. The van der Waals surface area contributed by atoms with Gasteiger partial charge in [-0.3, -0.25) is 9.89 Å². The van der Waals surface area contributed by atoms with Gasteiger partial charge in [-0.1, -0.05) is 12.1 Å². The van der Waals surface area contributed by atoms with Crippen LogP contribution >= 0.6 is 0 Å². The molecule has 2 N–H and O–H groups in total. The molecule has 0 aliphatic heterocycles. The number of H-pyrrole nitrogens is 1. The summed E-state index contributed by atoms with van der Waals surface area (Å²) in [6.45, 7) is 1.86. The van der Waals surface area contributed by atoms with Crippen molar-refractivity contribution < 1.29 is 9.90 Å². The summed E-state index contributed by atoms with van der Waals surface area (Å²) in [4.78, 5) is 27.4. The van der Waals surface area contributed by atoms with Crippen LogP contribution in [0.4, 0.5) is 0 Å². The van der Waals surface area contributed by atoms with Gasteiger partial charge in [0.25, 0.3) is 5.56 Å². The molecule has 1 aromatic carbocycles. The molecule has 18 heavy (non-hydrogen) atoms. The summed E-state index contributed by atoms with van der Waals surface area (Å²) < 4.78 is 1.14. The topological polar surface area (TPSA) is 87.5 Å². The lowest BCUT2D eigenvalue weighted by Gasteiger charge is -2.00. The predicted molar refractivity (Wildman–Crippen MR) is 65.0 cm³/mol. The van der Waals surface area contributed by atoms with E-state index in [4.69, 9.17) is 5.11 Å². The van der Waals surface area contributed by atoms with Crippen LogP contribution in [0.5, 0.6) is 0 Å². The number of fused-ring (bicyclic) bond motifs is 2. The van der Waals surface area contributed by atoms with Gasteiger partial charge >= 0.3 is 5.97 Å². The van der Waals surface area contributed by atoms with E-state index in [1.54, 1.807) is 12.1 Å². The van der Waals surface area contributed by atoms with Crippen LogP contribution in [0.1, 0.15) is 16.1 Å². The molecule has 90 valence electrons. The summed E-state index contributed by atoms with van der Waals surface area (Å²) in [6.07, 6.45) is 0. The first-order valence-corrected chi connectivity index (χ1v) is 5.32. The van der Waals surface area contributed by atoms with Gasteiger partial charge in [0.05, 0.1) is 10.9 Å². The predicted octanol–water partition coefficient (Wildman–Crippen LogP) is 1.18. The van der Waals surface area contributed by atoms with E-state index >= 15 is 0 Å². The highest BCUT2D eigenvalue weighted by atomic mass is 16.4. The Labute approximate surface area is 100 Å². The zero-order valence-corrected chi connectivity index (χ0v) is 9.47. The number of carboxylic acids is 1. The first-order valence-electron chi connectivity index (χ1n) is 5.32. The third kappa shape index (κ3) is 1.32. The Bertz CT molecular complexity index is 845. The minimum absolute atomic E-state index is 0.0624. The van der Waals surface area contributed by atoms with Crippen LogP contribution in [0.25, 0.3) is 16.6 Å². The number of hydrogen-bond donors (Lipinski definition) is 2. The van der Waals surface area contributed by atoms with Crippen molar-refractivity contribution in [1.82, 2.24) is 14.6 Å². The molecule has 0 saturated heterocycles. The molecule has 0 atom stereocenters. The van der Waals surface area contributed by atoms with Crippen LogP contribution in [0, 0.1) is 6.92 Å². The fourth-order valence-electron chi connectivity index (χ4n) is 1.97. The number of carboxylic acid groups (broad SMARTS) is 1. The molecule has 6 heteroatoms. The van der Waals surface area contributed by atoms with Crippen LogP contribution < -0.4 is 5.56 Å². The lowest BCUT2D eigenvalue weighted by molar-refractivity contribution is 0.0690. The second-order valence-corrected chi connectivity index (χ2v) is 4.06. The molecule has 0 fully saturated rings. The number of aromatic carboxylic acids is 1. The van der Waals surface area contributed by atoms with Crippen LogP contribution in [0.2, 0.25) is 0 Å². The highest BCUT2D eigenvalue weighted by Crippen LogP contribution is 2.14. The minimum atomic E-state index is -1.12. The van der Waals surface area contributed by atoms with Gasteiger partial charge in [0.2, 0.25) is 0 Å². The number of nitrogens with one attached hydrogen (secondary N) is 1. The van der Waals surface area contributed by atoms with Crippen molar-refractivity contribution in [3.63, 3.8) is 0 Å². The van der Waals surface area contributed by atoms with E-state index in [0.29, 0.717) is 16.6 Å². The van der Waals surface area contributed by atoms with Gasteiger partial charge in [-0.05, 0) is 18.6 Å². The number of carbonyl (C=O) groups is 1. The van der Waals surface area contributed by atoms with E-state index in [9.17, 15) is 9.59 Å². The Balaban J connectivity index is 2.53. The smallest absolute Gasteiger partial charge is 0.353 e. The summed E-state index contributed by atoms with van der Waals surface area (Å²) in [5.41, 5.74) is 1.42. The molecule has 0 unspecified atom stereocenters. The van der Waals surface area contributed by atoms with E-state index in [-0.39, 0.29) is 11.3 Å². The van der Waals surface area contributed by atoms with Gasteiger partial charge in [0.1, 0.15) is 5.69 Å². The SMILES string of the molecule is Cc1cccc2c(=O)n3[nH]c(C(=O)O)cc3nc12. The van der Waals surface area contributed by atoms with Crippen LogP contribution in [0.15, 0.2) is 29.1 Å². The van der Waals surface area contributed by atoms with Gasteiger partial charge < -0.3 is 5.11 Å². The van der Waals surface area contributed by atoms with Crippen molar-refractivity contribution >= 4 is 22.5 Å². The van der Waals surface area contributed by atoms with Crippen LogP contribution in [-0.4, -0.2) is 25.7 Å². The summed E-state index contributed by atoms with van der Waals surface area (Å²) in [6, 6.07) is 6.64. The van der Waals surface area contributed by atoms with E-state index in [1.807, 2.05) is 13.0 Å². The molecular formula is C12H9N3O3. The normalized spacial score (nSPS) is 11.2. The lowest BCUT2D eigenvalue weighted by Crippen LogP contribution is -2.16. The average molecular weight is 243 g/mol. The third-order valence-electron chi connectivity index (χ3n) is 2.86. The number of para-hydroxylation sites is 1. The number of benzene rings is 1. The maximum atomic E-state index is 12.2. The average Bonchev–Trinajstić information content (AvgIpc) is 2.75. The van der Waals surface area contributed by atoms with Gasteiger partial charge in [0.15, 0.2) is 5.65 Å². The zero-order chi connectivity index (χ0) is 12.9. The highest BCUT2D eigenvalue weighted by Gasteiger charge is 2.12.